The second kappa shape index (κ2) is 9.58. The monoisotopic (exact) mass is 342 g/mol. The number of hydrogen-bond acceptors (Lipinski definition) is 3. The van der Waals surface area contributed by atoms with Crippen LogP contribution in [0.4, 0.5) is 0 Å². The molecule has 0 saturated carbocycles. The summed E-state index contributed by atoms with van der Waals surface area (Å²) in [4.78, 5) is 11.5. The minimum absolute atomic E-state index is 0.108. The summed E-state index contributed by atoms with van der Waals surface area (Å²) in [6.45, 7) is 6.07. The van der Waals surface area contributed by atoms with Gasteiger partial charge in [0.2, 0.25) is 0 Å². The van der Waals surface area contributed by atoms with Gasteiger partial charge >= 0.3 is 5.97 Å². The van der Waals surface area contributed by atoms with E-state index < -0.39 is 5.97 Å². The summed E-state index contributed by atoms with van der Waals surface area (Å²) in [5.74, 6) is 0.716. The maximum atomic E-state index is 11.5. The zero-order valence-corrected chi connectivity index (χ0v) is 15.1. The number of carboxylic acid groups (broad SMARTS) is 1. The van der Waals surface area contributed by atoms with Gasteiger partial charge in [0.25, 0.3) is 0 Å². The van der Waals surface area contributed by atoms with Gasteiger partial charge in [-0.2, -0.15) is 0 Å². The van der Waals surface area contributed by atoms with Crippen molar-refractivity contribution in [2.75, 3.05) is 0 Å². The van der Waals surface area contributed by atoms with E-state index in [1.165, 1.54) is 11.6 Å². The molecule has 0 saturated heterocycles. The van der Waals surface area contributed by atoms with E-state index in [0.717, 1.165) is 18.4 Å². The third-order valence-electron chi connectivity index (χ3n) is 3.96. The van der Waals surface area contributed by atoms with Gasteiger partial charge < -0.3 is 15.3 Å². The molecular weight excluding hydrogens is 316 g/mol. The molecule has 134 valence electrons. The zero-order valence-electron chi connectivity index (χ0n) is 15.1. The van der Waals surface area contributed by atoms with Gasteiger partial charge in [-0.15, -0.1) is 12.3 Å². The molecule has 1 aromatic carbocycles. The van der Waals surface area contributed by atoms with Crippen molar-refractivity contribution in [1.29, 1.82) is 0 Å². The number of aryl methyl sites for hydroxylation is 1. The van der Waals surface area contributed by atoms with E-state index in [2.05, 4.69) is 12.0 Å². The lowest BCUT2D eigenvalue weighted by Gasteiger charge is -2.13. The highest BCUT2D eigenvalue weighted by molar-refractivity contribution is 5.93. The van der Waals surface area contributed by atoms with Crippen molar-refractivity contribution < 1.29 is 20.1 Å². The molecule has 3 N–H and O–H groups in total. The van der Waals surface area contributed by atoms with Crippen LogP contribution in [-0.4, -0.2) is 21.3 Å². The minimum Gasteiger partial charge on any atom is -0.508 e. The first kappa shape index (κ1) is 20.4. The number of allylic oxidation sites excluding steroid dienone is 4. The number of aromatic hydroxyl groups is 2. The fourth-order valence-corrected chi connectivity index (χ4v) is 2.56. The SMILES string of the molecule is C#CCCc1cc(O)c(CC=C(C)CCC=C(C)C)c(O)c1C(=O)O. The lowest BCUT2D eigenvalue weighted by Crippen LogP contribution is -2.05. The number of carboxylic acids is 1. The largest absolute Gasteiger partial charge is 0.508 e. The summed E-state index contributed by atoms with van der Waals surface area (Å²) in [6.07, 6.45) is 12.0. The van der Waals surface area contributed by atoms with Crippen LogP contribution in [0.25, 0.3) is 0 Å². The molecule has 0 atom stereocenters. The van der Waals surface area contributed by atoms with Crippen LogP contribution in [-0.2, 0) is 12.8 Å². The molecular formula is C21H26O4. The lowest BCUT2D eigenvalue weighted by molar-refractivity contribution is 0.0692. The fraction of sp³-hybridized carbons (Fsp3) is 0.381. The quantitative estimate of drug-likeness (QED) is 0.477. The van der Waals surface area contributed by atoms with Gasteiger partial charge in [0.05, 0.1) is 0 Å². The molecule has 4 nitrogen and oxygen atoms in total. The predicted octanol–water partition coefficient (Wildman–Crippen LogP) is 4.60. The van der Waals surface area contributed by atoms with Crippen molar-refractivity contribution in [2.45, 2.75) is 52.9 Å². The summed E-state index contributed by atoms with van der Waals surface area (Å²) < 4.78 is 0. The Morgan fingerprint density at radius 3 is 2.48 bits per heavy atom. The number of carbonyl (C=O) groups is 1. The lowest BCUT2D eigenvalue weighted by atomic mass is 9.95. The second-order valence-corrected chi connectivity index (χ2v) is 6.34. The van der Waals surface area contributed by atoms with Crippen LogP contribution in [0.1, 0.15) is 61.5 Å². The highest BCUT2D eigenvalue weighted by Gasteiger charge is 2.21. The zero-order chi connectivity index (χ0) is 19.0. The van der Waals surface area contributed by atoms with Gasteiger partial charge in [-0.1, -0.05) is 23.3 Å². The first-order chi connectivity index (χ1) is 11.8. The smallest absolute Gasteiger partial charge is 0.339 e. The maximum Gasteiger partial charge on any atom is 0.339 e. The van der Waals surface area contributed by atoms with E-state index >= 15 is 0 Å². The molecule has 0 amide bonds. The summed E-state index contributed by atoms with van der Waals surface area (Å²) in [5.41, 5.74) is 2.76. The molecule has 0 radical (unpaired) electrons. The number of rotatable bonds is 8. The molecule has 0 bridgehead atoms. The molecule has 0 aliphatic rings. The van der Waals surface area contributed by atoms with Crippen LogP contribution in [0.3, 0.4) is 0 Å². The first-order valence-corrected chi connectivity index (χ1v) is 8.30. The van der Waals surface area contributed by atoms with Crippen LogP contribution in [0.5, 0.6) is 11.5 Å². The van der Waals surface area contributed by atoms with E-state index in [1.807, 2.05) is 26.8 Å². The molecule has 0 spiro atoms. The van der Waals surface area contributed by atoms with Crippen molar-refractivity contribution in [3.8, 4) is 23.8 Å². The number of aromatic carboxylic acids is 1. The predicted molar refractivity (Wildman–Crippen MR) is 100 cm³/mol. The number of terminal acetylenes is 1. The molecule has 0 unspecified atom stereocenters. The highest BCUT2D eigenvalue weighted by atomic mass is 16.4. The average molecular weight is 342 g/mol. The molecule has 25 heavy (non-hydrogen) atoms. The Kier molecular flexibility index (Phi) is 7.81. The first-order valence-electron chi connectivity index (χ1n) is 8.30. The Balaban J connectivity index is 3.08. The van der Waals surface area contributed by atoms with Crippen LogP contribution in [0, 0.1) is 12.3 Å². The van der Waals surface area contributed by atoms with E-state index in [0.29, 0.717) is 12.0 Å². The topological polar surface area (TPSA) is 77.8 Å². The Morgan fingerprint density at radius 2 is 1.92 bits per heavy atom. The van der Waals surface area contributed by atoms with Gasteiger partial charge in [0.1, 0.15) is 17.1 Å². The summed E-state index contributed by atoms with van der Waals surface area (Å²) in [7, 11) is 0. The number of benzene rings is 1. The molecule has 0 fully saturated rings. The van der Waals surface area contributed by atoms with Crippen LogP contribution in [0.15, 0.2) is 29.4 Å². The van der Waals surface area contributed by atoms with Gasteiger partial charge in [-0.25, -0.2) is 4.79 Å². The van der Waals surface area contributed by atoms with Gasteiger partial charge in [0, 0.05) is 12.0 Å². The van der Waals surface area contributed by atoms with Crippen LogP contribution >= 0.6 is 0 Å². The number of phenolic OH excluding ortho intramolecular Hbond substituents is 1. The van der Waals surface area contributed by atoms with Gasteiger partial charge in [-0.3, -0.25) is 0 Å². The fourth-order valence-electron chi connectivity index (χ4n) is 2.56. The van der Waals surface area contributed by atoms with Crippen molar-refractivity contribution in [2.24, 2.45) is 0 Å². The van der Waals surface area contributed by atoms with Gasteiger partial charge in [-0.05, 0) is 58.1 Å². The van der Waals surface area contributed by atoms with Crippen LogP contribution in [0.2, 0.25) is 0 Å². The van der Waals surface area contributed by atoms with Crippen molar-refractivity contribution in [1.82, 2.24) is 0 Å². The Hall–Kier alpha value is -2.67. The molecule has 1 rings (SSSR count). The van der Waals surface area contributed by atoms with Crippen LogP contribution < -0.4 is 0 Å². The van der Waals surface area contributed by atoms with Crippen molar-refractivity contribution in [3.63, 3.8) is 0 Å². The Labute approximate surface area is 149 Å². The molecule has 0 aromatic heterocycles. The molecule has 4 heteroatoms. The maximum absolute atomic E-state index is 11.5. The Bertz CT molecular complexity index is 729. The number of hydrogen-bond donors (Lipinski definition) is 3. The van der Waals surface area contributed by atoms with Crippen molar-refractivity contribution >= 4 is 5.97 Å². The molecule has 0 aliphatic carbocycles. The second-order valence-electron chi connectivity index (χ2n) is 6.34. The summed E-state index contributed by atoms with van der Waals surface area (Å²) in [5, 5.41) is 29.9. The van der Waals surface area contributed by atoms with Crippen molar-refractivity contribution in [3.05, 3.63) is 46.1 Å². The molecule has 0 heterocycles. The third-order valence-corrected chi connectivity index (χ3v) is 3.96. The highest BCUT2D eigenvalue weighted by Crippen LogP contribution is 2.35. The molecule has 0 aliphatic heterocycles. The minimum atomic E-state index is -1.23. The standard InChI is InChI=1S/C21H26O4/c1-5-6-10-16-13-18(22)17(20(23)19(16)21(24)25)12-11-15(4)9-7-8-14(2)3/h1,8,11,13,22-23H,6-7,9-10,12H2,2-4H3,(H,24,25). The summed E-state index contributed by atoms with van der Waals surface area (Å²) in [6, 6.07) is 1.39. The Morgan fingerprint density at radius 1 is 1.24 bits per heavy atom. The van der Waals surface area contributed by atoms with E-state index in [1.54, 1.807) is 0 Å². The average Bonchev–Trinajstić information content (AvgIpc) is 2.51. The number of phenols is 2. The molecule has 1 aromatic rings. The van der Waals surface area contributed by atoms with E-state index in [4.69, 9.17) is 6.42 Å². The third kappa shape index (κ3) is 6.04. The normalized spacial score (nSPS) is 11.0. The van der Waals surface area contributed by atoms with Gasteiger partial charge in [0.15, 0.2) is 0 Å². The van der Waals surface area contributed by atoms with E-state index in [-0.39, 0.29) is 35.5 Å². The summed E-state index contributed by atoms with van der Waals surface area (Å²) >= 11 is 0. The van der Waals surface area contributed by atoms with E-state index in [9.17, 15) is 20.1 Å².